The van der Waals surface area contributed by atoms with Gasteiger partial charge in [-0.05, 0) is 49.8 Å². The van der Waals surface area contributed by atoms with Crippen molar-refractivity contribution >= 4 is 0 Å². The SMILES string of the molecule is CC1CCC([NH+]2CC[NH+](Cc3ccc4c(c3)OCO4)CC2)CC1. The topological polar surface area (TPSA) is 27.3 Å². The van der Waals surface area contributed by atoms with Gasteiger partial charge in [-0.15, -0.1) is 0 Å². The number of piperazine rings is 1. The van der Waals surface area contributed by atoms with Crippen molar-refractivity contribution in [1.82, 2.24) is 0 Å². The zero-order chi connectivity index (χ0) is 15.6. The zero-order valence-corrected chi connectivity index (χ0v) is 14.3. The van der Waals surface area contributed by atoms with E-state index in [1.54, 1.807) is 4.90 Å². The monoisotopic (exact) mass is 318 g/mol. The predicted octanol–water partition coefficient (Wildman–Crippen LogP) is 0.277. The Labute approximate surface area is 139 Å². The Kier molecular flexibility index (Phi) is 4.45. The number of fused-ring (bicyclic) bond motifs is 1. The summed E-state index contributed by atoms with van der Waals surface area (Å²) in [6.07, 6.45) is 5.80. The van der Waals surface area contributed by atoms with Crippen molar-refractivity contribution in [1.29, 1.82) is 0 Å². The van der Waals surface area contributed by atoms with Crippen LogP contribution in [0.4, 0.5) is 0 Å². The number of ether oxygens (including phenoxy) is 2. The molecule has 4 heteroatoms. The third-order valence-corrected chi connectivity index (χ3v) is 6.08. The number of nitrogens with one attached hydrogen (secondary N) is 2. The molecular formula is C19H30N2O2+2. The first-order valence-electron chi connectivity index (χ1n) is 9.34. The molecule has 0 radical (unpaired) electrons. The van der Waals surface area contributed by atoms with Gasteiger partial charge in [0.05, 0.1) is 6.04 Å². The van der Waals surface area contributed by atoms with Crippen LogP contribution >= 0.6 is 0 Å². The second-order valence-corrected chi connectivity index (χ2v) is 7.73. The summed E-state index contributed by atoms with van der Waals surface area (Å²) < 4.78 is 10.9. The van der Waals surface area contributed by atoms with E-state index < -0.39 is 0 Å². The predicted molar refractivity (Wildman–Crippen MR) is 89.1 cm³/mol. The van der Waals surface area contributed by atoms with Crippen LogP contribution in [0.3, 0.4) is 0 Å². The van der Waals surface area contributed by atoms with E-state index in [4.69, 9.17) is 9.47 Å². The van der Waals surface area contributed by atoms with Crippen molar-refractivity contribution < 1.29 is 19.3 Å². The molecule has 1 saturated carbocycles. The Morgan fingerprint density at radius 1 is 0.957 bits per heavy atom. The van der Waals surface area contributed by atoms with Gasteiger partial charge in [-0.25, -0.2) is 0 Å². The van der Waals surface area contributed by atoms with E-state index in [-0.39, 0.29) is 0 Å². The van der Waals surface area contributed by atoms with E-state index in [0.717, 1.165) is 30.0 Å². The van der Waals surface area contributed by atoms with Gasteiger partial charge >= 0.3 is 0 Å². The Morgan fingerprint density at radius 2 is 1.70 bits per heavy atom. The lowest BCUT2D eigenvalue weighted by Gasteiger charge is -2.37. The van der Waals surface area contributed by atoms with Crippen molar-refractivity contribution in [3.63, 3.8) is 0 Å². The van der Waals surface area contributed by atoms with Crippen LogP contribution in [0.15, 0.2) is 18.2 Å². The molecule has 1 aromatic carbocycles. The first-order valence-corrected chi connectivity index (χ1v) is 9.34. The van der Waals surface area contributed by atoms with E-state index in [1.807, 2.05) is 4.90 Å². The molecule has 2 aliphatic heterocycles. The highest BCUT2D eigenvalue weighted by molar-refractivity contribution is 5.44. The molecule has 126 valence electrons. The van der Waals surface area contributed by atoms with Crippen LogP contribution in [-0.4, -0.2) is 39.0 Å². The fraction of sp³-hybridized carbons (Fsp3) is 0.684. The normalized spacial score (nSPS) is 33.6. The summed E-state index contributed by atoms with van der Waals surface area (Å²) in [4.78, 5) is 3.60. The van der Waals surface area contributed by atoms with Gasteiger partial charge in [0.1, 0.15) is 32.7 Å². The van der Waals surface area contributed by atoms with E-state index in [2.05, 4.69) is 25.1 Å². The summed E-state index contributed by atoms with van der Waals surface area (Å²) in [5.74, 6) is 2.77. The third-order valence-electron chi connectivity index (χ3n) is 6.08. The molecule has 0 aromatic heterocycles. The van der Waals surface area contributed by atoms with Gasteiger partial charge in [-0.1, -0.05) is 6.92 Å². The van der Waals surface area contributed by atoms with Gasteiger partial charge in [0, 0.05) is 5.56 Å². The van der Waals surface area contributed by atoms with E-state index in [9.17, 15) is 0 Å². The average Bonchev–Trinajstić information content (AvgIpc) is 3.04. The van der Waals surface area contributed by atoms with Gasteiger partial charge in [0.2, 0.25) is 6.79 Å². The molecule has 0 bridgehead atoms. The lowest BCUT2D eigenvalue weighted by Crippen LogP contribution is -3.29. The smallest absolute Gasteiger partial charge is 0.231 e. The molecule has 0 atom stereocenters. The maximum Gasteiger partial charge on any atom is 0.231 e. The minimum atomic E-state index is 0.369. The molecule has 1 aromatic rings. The van der Waals surface area contributed by atoms with Gasteiger partial charge < -0.3 is 19.3 Å². The second-order valence-electron chi connectivity index (χ2n) is 7.73. The molecule has 2 fully saturated rings. The van der Waals surface area contributed by atoms with Crippen LogP contribution in [0, 0.1) is 5.92 Å². The van der Waals surface area contributed by atoms with Crippen molar-refractivity contribution in [2.24, 2.45) is 5.92 Å². The van der Waals surface area contributed by atoms with Gasteiger partial charge in [-0.3, -0.25) is 0 Å². The Hall–Kier alpha value is -1.26. The van der Waals surface area contributed by atoms with Crippen molar-refractivity contribution in [2.75, 3.05) is 33.0 Å². The molecule has 4 rings (SSSR count). The highest BCUT2D eigenvalue weighted by Crippen LogP contribution is 2.32. The van der Waals surface area contributed by atoms with Crippen molar-refractivity contribution in [3.8, 4) is 11.5 Å². The summed E-state index contributed by atoms with van der Waals surface area (Å²) in [5, 5.41) is 0. The van der Waals surface area contributed by atoms with Crippen LogP contribution in [-0.2, 0) is 6.54 Å². The summed E-state index contributed by atoms with van der Waals surface area (Å²) in [6, 6.07) is 7.36. The van der Waals surface area contributed by atoms with Gasteiger partial charge in [0.15, 0.2) is 11.5 Å². The summed E-state index contributed by atoms with van der Waals surface area (Å²) >= 11 is 0. The van der Waals surface area contributed by atoms with Crippen molar-refractivity contribution in [3.05, 3.63) is 23.8 Å². The molecule has 2 heterocycles. The number of hydrogen-bond acceptors (Lipinski definition) is 2. The standard InChI is InChI=1S/C19H28N2O2/c1-15-2-5-17(6-3-15)21-10-8-20(9-11-21)13-16-4-7-18-19(12-16)23-14-22-18/h4,7,12,15,17H,2-3,5-6,8-11,13-14H2,1H3/p+2. The van der Waals surface area contributed by atoms with E-state index in [1.165, 1.54) is 57.4 Å². The Balaban J connectivity index is 1.28. The number of hydrogen-bond donors (Lipinski definition) is 2. The molecule has 2 N–H and O–H groups in total. The highest BCUT2D eigenvalue weighted by atomic mass is 16.7. The van der Waals surface area contributed by atoms with Gasteiger partial charge in [0.25, 0.3) is 0 Å². The third kappa shape index (κ3) is 3.48. The first-order chi connectivity index (χ1) is 11.3. The number of quaternary nitrogens is 2. The van der Waals surface area contributed by atoms with E-state index >= 15 is 0 Å². The molecule has 0 unspecified atom stereocenters. The van der Waals surface area contributed by atoms with Crippen LogP contribution in [0.2, 0.25) is 0 Å². The van der Waals surface area contributed by atoms with Crippen molar-refractivity contribution in [2.45, 2.75) is 45.2 Å². The lowest BCUT2D eigenvalue weighted by atomic mass is 9.86. The van der Waals surface area contributed by atoms with Crippen LogP contribution in [0.25, 0.3) is 0 Å². The second kappa shape index (κ2) is 6.70. The average molecular weight is 318 g/mol. The highest BCUT2D eigenvalue weighted by Gasteiger charge is 2.31. The van der Waals surface area contributed by atoms with Crippen LogP contribution < -0.4 is 19.3 Å². The van der Waals surface area contributed by atoms with E-state index in [0.29, 0.717) is 6.79 Å². The lowest BCUT2D eigenvalue weighted by molar-refractivity contribution is -1.03. The molecule has 1 saturated heterocycles. The summed E-state index contributed by atoms with van der Waals surface area (Å²) in [7, 11) is 0. The number of rotatable bonds is 3. The number of benzene rings is 1. The van der Waals surface area contributed by atoms with Gasteiger partial charge in [-0.2, -0.15) is 0 Å². The minimum absolute atomic E-state index is 0.369. The molecule has 1 aliphatic carbocycles. The fourth-order valence-corrected chi connectivity index (χ4v) is 4.52. The summed E-state index contributed by atoms with van der Waals surface area (Å²) in [5.41, 5.74) is 1.37. The first kappa shape index (κ1) is 15.3. The fourth-order valence-electron chi connectivity index (χ4n) is 4.52. The molecule has 3 aliphatic rings. The zero-order valence-electron chi connectivity index (χ0n) is 14.3. The maximum atomic E-state index is 5.50. The summed E-state index contributed by atoms with van der Waals surface area (Å²) in [6.45, 7) is 9.20. The Bertz CT molecular complexity index is 532. The minimum Gasteiger partial charge on any atom is -0.454 e. The molecule has 0 spiro atoms. The molecular weight excluding hydrogens is 288 g/mol. The quantitative estimate of drug-likeness (QED) is 0.838. The molecule has 4 nitrogen and oxygen atoms in total. The molecule has 23 heavy (non-hydrogen) atoms. The van der Waals surface area contributed by atoms with Crippen LogP contribution in [0.1, 0.15) is 38.2 Å². The maximum absolute atomic E-state index is 5.50. The largest absolute Gasteiger partial charge is 0.454 e. The Morgan fingerprint density at radius 3 is 2.48 bits per heavy atom. The van der Waals surface area contributed by atoms with Crippen LogP contribution in [0.5, 0.6) is 11.5 Å². The molecule has 0 amide bonds.